The van der Waals surface area contributed by atoms with Crippen LogP contribution in [-0.4, -0.2) is 66.4 Å². The molecule has 0 radical (unpaired) electrons. The number of nitrogens with one attached hydrogen (secondary N) is 1. The predicted octanol–water partition coefficient (Wildman–Crippen LogP) is 0.449. The molecule has 4 N–H and O–H groups in total. The van der Waals surface area contributed by atoms with Gasteiger partial charge in [-0.2, -0.15) is 0 Å². The van der Waals surface area contributed by atoms with Crippen LogP contribution in [0, 0.1) is 0 Å². The quantitative estimate of drug-likeness (QED) is 0.445. The smallest absolute Gasteiger partial charge is 0.167 e. The minimum Gasteiger partial charge on any atom is -0.494 e. The van der Waals surface area contributed by atoms with Crippen molar-refractivity contribution in [1.29, 1.82) is 0 Å². The summed E-state index contributed by atoms with van der Waals surface area (Å²) in [6.07, 6.45) is -1.33. The van der Waals surface area contributed by atoms with E-state index in [1.54, 1.807) is 0 Å². The Kier molecular flexibility index (Phi) is 5.58. The number of aliphatic hydroxyl groups is 3. The molecule has 3 heterocycles. The summed E-state index contributed by atoms with van der Waals surface area (Å²) in [6.45, 7) is 2.58. The van der Waals surface area contributed by atoms with Crippen molar-refractivity contribution in [1.82, 2.24) is 19.5 Å². The molecule has 1 fully saturated rings. The Labute approximate surface area is 166 Å². The summed E-state index contributed by atoms with van der Waals surface area (Å²) in [6, 6.07) is 7.73. The number of hydrogen-bond donors (Lipinski definition) is 4. The van der Waals surface area contributed by atoms with E-state index in [0.29, 0.717) is 30.1 Å². The second-order valence-corrected chi connectivity index (χ2v) is 6.67. The first-order chi connectivity index (χ1) is 14.1. The second kappa shape index (κ2) is 8.29. The number of aromatic nitrogens is 4. The summed E-state index contributed by atoms with van der Waals surface area (Å²) in [7, 11) is 0. The third-order valence-electron chi connectivity index (χ3n) is 4.87. The molecule has 154 valence electrons. The van der Waals surface area contributed by atoms with E-state index in [1.807, 2.05) is 31.2 Å². The molecule has 0 bridgehead atoms. The van der Waals surface area contributed by atoms with Gasteiger partial charge in [-0.25, -0.2) is 15.0 Å². The number of hydrogen-bond acceptors (Lipinski definition) is 9. The van der Waals surface area contributed by atoms with E-state index in [0.717, 1.165) is 11.3 Å². The molecule has 10 nitrogen and oxygen atoms in total. The molecule has 0 spiro atoms. The maximum atomic E-state index is 10.3. The van der Waals surface area contributed by atoms with Crippen molar-refractivity contribution in [3.63, 3.8) is 0 Å². The standard InChI is InChI=1S/C19H23N5O5/c1-2-28-12-6-4-3-5-11(12)7-20-17-14-18(22-9-21-17)24(10-23-14)19-16(27)15(26)13(8-25)29-19/h3-6,9-10,13,15-16,19,25-27H,2,7-8H2,1H3,(H,20,21,22)/t13-,15-,16-,19?/m1/s1. The van der Waals surface area contributed by atoms with Crippen molar-refractivity contribution >= 4 is 17.0 Å². The molecule has 1 aromatic carbocycles. The van der Waals surface area contributed by atoms with Gasteiger partial charge in [0, 0.05) is 12.1 Å². The number of nitrogens with zero attached hydrogens (tertiary/aromatic N) is 4. The van der Waals surface area contributed by atoms with Crippen LogP contribution in [0.1, 0.15) is 18.7 Å². The minimum absolute atomic E-state index is 0.400. The average Bonchev–Trinajstić information content (AvgIpc) is 3.29. The van der Waals surface area contributed by atoms with Crippen molar-refractivity contribution in [2.45, 2.75) is 38.0 Å². The van der Waals surface area contributed by atoms with Crippen LogP contribution < -0.4 is 10.1 Å². The molecule has 1 aliphatic rings. The normalized spacial score (nSPS) is 24.1. The summed E-state index contributed by atoms with van der Waals surface area (Å²) in [5, 5.41) is 32.8. The maximum Gasteiger partial charge on any atom is 0.167 e. The first kappa shape index (κ1) is 19.5. The van der Waals surface area contributed by atoms with Crippen LogP contribution >= 0.6 is 0 Å². The fourth-order valence-corrected chi connectivity index (χ4v) is 3.40. The minimum atomic E-state index is -1.21. The van der Waals surface area contributed by atoms with Gasteiger partial charge < -0.3 is 30.1 Å². The fraction of sp³-hybridized carbons (Fsp3) is 0.421. The molecule has 4 rings (SSSR count). The number of benzene rings is 1. The lowest BCUT2D eigenvalue weighted by atomic mass is 10.1. The molecule has 4 atom stereocenters. The number of aliphatic hydroxyl groups excluding tert-OH is 3. The van der Waals surface area contributed by atoms with Gasteiger partial charge >= 0.3 is 0 Å². The van der Waals surface area contributed by atoms with Crippen molar-refractivity contribution in [3.8, 4) is 5.75 Å². The van der Waals surface area contributed by atoms with E-state index in [9.17, 15) is 15.3 Å². The number of ether oxygens (including phenoxy) is 2. The Morgan fingerprint density at radius 1 is 1.17 bits per heavy atom. The number of para-hydroxylation sites is 1. The first-order valence-electron chi connectivity index (χ1n) is 9.38. The SMILES string of the molecule is CCOc1ccccc1CNc1ncnc2c1ncn2C1O[C@H](CO)[C@@H](O)[C@H]1O. The van der Waals surface area contributed by atoms with E-state index >= 15 is 0 Å². The highest BCUT2D eigenvalue weighted by Crippen LogP contribution is 2.32. The summed E-state index contributed by atoms with van der Waals surface area (Å²) in [5.41, 5.74) is 1.92. The van der Waals surface area contributed by atoms with Crippen LogP contribution in [0.4, 0.5) is 5.82 Å². The molecule has 2 aromatic heterocycles. The zero-order valence-corrected chi connectivity index (χ0v) is 15.8. The van der Waals surface area contributed by atoms with Crippen molar-refractivity contribution in [2.75, 3.05) is 18.5 Å². The highest BCUT2D eigenvalue weighted by molar-refractivity contribution is 5.82. The average molecular weight is 401 g/mol. The molecule has 1 saturated heterocycles. The molecular weight excluding hydrogens is 378 g/mol. The Balaban J connectivity index is 1.59. The summed E-state index contributed by atoms with van der Waals surface area (Å²) in [4.78, 5) is 12.9. The van der Waals surface area contributed by atoms with E-state index in [2.05, 4.69) is 20.3 Å². The summed E-state index contributed by atoms with van der Waals surface area (Å²) in [5.74, 6) is 1.32. The van der Waals surface area contributed by atoms with Gasteiger partial charge in [-0.15, -0.1) is 0 Å². The Morgan fingerprint density at radius 3 is 2.76 bits per heavy atom. The maximum absolute atomic E-state index is 10.3. The van der Waals surface area contributed by atoms with Crippen molar-refractivity contribution < 1.29 is 24.8 Å². The van der Waals surface area contributed by atoms with Crippen molar-refractivity contribution in [2.24, 2.45) is 0 Å². The second-order valence-electron chi connectivity index (χ2n) is 6.67. The summed E-state index contributed by atoms with van der Waals surface area (Å²) >= 11 is 0. The monoisotopic (exact) mass is 401 g/mol. The zero-order chi connectivity index (χ0) is 20.4. The highest BCUT2D eigenvalue weighted by atomic mass is 16.6. The summed E-state index contributed by atoms with van der Waals surface area (Å²) < 4.78 is 12.7. The predicted molar refractivity (Wildman–Crippen MR) is 103 cm³/mol. The Hall–Kier alpha value is -2.79. The Bertz CT molecular complexity index is 981. The lowest BCUT2D eigenvalue weighted by Crippen LogP contribution is -2.33. The molecular formula is C19H23N5O5. The van der Waals surface area contributed by atoms with Crippen LogP contribution in [-0.2, 0) is 11.3 Å². The molecule has 1 aliphatic heterocycles. The fourth-order valence-electron chi connectivity index (χ4n) is 3.40. The number of anilines is 1. The zero-order valence-electron chi connectivity index (χ0n) is 15.8. The molecule has 10 heteroatoms. The van der Waals surface area contributed by atoms with Gasteiger partial charge in [0.1, 0.15) is 30.4 Å². The van der Waals surface area contributed by atoms with Crippen LogP contribution in [0.25, 0.3) is 11.2 Å². The van der Waals surface area contributed by atoms with Gasteiger partial charge in [-0.05, 0) is 13.0 Å². The molecule has 3 aromatic rings. The third-order valence-corrected chi connectivity index (χ3v) is 4.87. The van der Waals surface area contributed by atoms with Gasteiger partial charge in [-0.3, -0.25) is 4.57 Å². The van der Waals surface area contributed by atoms with Gasteiger partial charge in [-0.1, -0.05) is 18.2 Å². The van der Waals surface area contributed by atoms with Crippen LogP contribution in [0.3, 0.4) is 0 Å². The lowest BCUT2D eigenvalue weighted by molar-refractivity contribution is -0.0511. The van der Waals surface area contributed by atoms with Crippen molar-refractivity contribution in [3.05, 3.63) is 42.5 Å². The van der Waals surface area contributed by atoms with E-state index < -0.39 is 31.1 Å². The molecule has 29 heavy (non-hydrogen) atoms. The third kappa shape index (κ3) is 3.62. The van der Waals surface area contributed by atoms with Crippen LogP contribution in [0.2, 0.25) is 0 Å². The van der Waals surface area contributed by atoms with E-state index in [1.165, 1.54) is 17.2 Å². The van der Waals surface area contributed by atoms with E-state index in [-0.39, 0.29) is 0 Å². The topological polar surface area (TPSA) is 135 Å². The largest absolute Gasteiger partial charge is 0.494 e. The molecule has 1 unspecified atom stereocenters. The first-order valence-corrected chi connectivity index (χ1v) is 9.38. The van der Waals surface area contributed by atoms with Crippen LogP contribution in [0.15, 0.2) is 36.9 Å². The van der Waals surface area contributed by atoms with E-state index in [4.69, 9.17) is 9.47 Å². The van der Waals surface area contributed by atoms with Gasteiger partial charge in [0.2, 0.25) is 0 Å². The molecule has 0 saturated carbocycles. The lowest BCUT2D eigenvalue weighted by Gasteiger charge is -2.16. The van der Waals surface area contributed by atoms with Crippen LogP contribution in [0.5, 0.6) is 5.75 Å². The molecule has 0 amide bonds. The number of rotatable bonds is 7. The highest BCUT2D eigenvalue weighted by Gasteiger charge is 2.44. The van der Waals surface area contributed by atoms with Gasteiger partial charge in [0.05, 0.1) is 19.5 Å². The number of imidazole rings is 1. The Morgan fingerprint density at radius 2 is 2.00 bits per heavy atom. The molecule has 0 aliphatic carbocycles. The van der Waals surface area contributed by atoms with Gasteiger partial charge in [0.25, 0.3) is 0 Å². The number of fused-ring (bicyclic) bond motifs is 1. The van der Waals surface area contributed by atoms with Gasteiger partial charge in [0.15, 0.2) is 23.2 Å².